The van der Waals surface area contributed by atoms with Crippen LogP contribution in [-0.4, -0.2) is 4.57 Å². The van der Waals surface area contributed by atoms with E-state index in [0.717, 1.165) is 21.5 Å². The van der Waals surface area contributed by atoms with Gasteiger partial charge in [-0.15, -0.1) is 0 Å². The first-order valence-corrected chi connectivity index (χ1v) is 10.1. The molecule has 0 saturated heterocycles. The first kappa shape index (κ1) is 17.1. The van der Waals surface area contributed by atoms with Gasteiger partial charge >= 0.3 is 0 Å². The molecule has 2 nitrogen and oxygen atoms in total. The summed E-state index contributed by atoms with van der Waals surface area (Å²) in [6.45, 7) is 0. The average Bonchev–Trinajstić information content (AvgIpc) is 3.01. The third-order valence-electron chi connectivity index (χ3n) is 5.24. The van der Waals surface area contributed by atoms with Gasteiger partial charge in [-0.2, -0.15) is 0 Å². The molecule has 0 unspecified atom stereocenters. The second kappa shape index (κ2) is 6.84. The predicted molar refractivity (Wildman–Crippen MR) is 123 cm³/mol. The van der Waals surface area contributed by atoms with Crippen molar-refractivity contribution in [1.29, 1.82) is 0 Å². The second-order valence-corrected chi connectivity index (χ2v) is 7.84. The predicted octanol–water partition coefficient (Wildman–Crippen LogP) is 7.56. The first-order chi connectivity index (χ1) is 13.7. The quantitative estimate of drug-likeness (QED) is 0.288. The van der Waals surface area contributed by atoms with Crippen molar-refractivity contribution >= 4 is 54.8 Å². The lowest BCUT2D eigenvalue weighted by atomic mass is 10.1. The number of aromatic nitrogens is 1. The SMILES string of the molecule is Cn1c2cc(Br)ccc2c2ccc(N(c3ccccc3)c3ccccc3)cc21. The highest BCUT2D eigenvalue weighted by molar-refractivity contribution is 9.10. The summed E-state index contributed by atoms with van der Waals surface area (Å²) in [4.78, 5) is 2.30. The molecule has 0 aliphatic rings. The molecule has 0 amide bonds. The van der Waals surface area contributed by atoms with E-state index in [0.29, 0.717) is 0 Å². The summed E-state index contributed by atoms with van der Waals surface area (Å²) in [5.74, 6) is 0. The molecule has 0 bridgehead atoms. The van der Waals surface area contributed by atoms with E-state index in [1.165, 1.54) is 21.8 Å². The maximum atomic E-state index is 3.60. The number of anilines is 3. The maximum Gasteiger partial charge on any atom is 0.0509 e. The third kappa shape index (κ3) is 2.79. The number of nitrogens with zero attached hydrogens (tertiary/aromatic N) is 2. The Balaban J connectivity index is 1.75. The fraction of sp³-hybridized carbons (Fsp3) is 0.0400. The molecule has 0 radical (unpaired) electrons. The Morgan fingerprint density at radius 1 is 0.607 bits per heavy atom. The molecular weight excluding hydrogens is 408 g/mol. The Kier molecular flexibility index (Phi) is 4.18. The van der Waals surface area contributed by atoms with Crippen LogP contribution in [0.3, 0.4) is 0 Å². The summed E-state index contributed by atoms with van der Waals surface area (Å²) in [6, 6.07) is 34.2. The molecule has 4 aromatic carbocycles. The van der Waals surface area contributed by atoms with Crippen LogP contribution in [0.25, 0.3) is 21.8 Å². The minimum atomic E-state index is 1.10. The smallest absolute Gasteiger partial charge is 0.0509 e. The van der Waals surface area contributed by atoms with Gasteiger partial charge < -0.3 is 9.47 Å². The highest BCUT2D eigenvalue weighted by Gasteiger charge is 2.15. The molecule has 3 heteroatoms. The van der Waals surface area contributed by atoms with Crippen LogP contribution in [0.5, 0.6) is 0 Å². The van der Waals surface area contributed by atoms with Gasteiger partial charge in [0, 0.05) is 44.9 Å². The van der Waals surface area contributed by atoms with Crippen LogP contribution in [-0.2, 0) is 7.05 Å². The standard InChI is InChI=1S/C25H19BrN2/c1-27-24-16-18(26)12-14-22(24)23-15-13-21(17-25(23)27)28(19-8-4-2-5-9-19)20-10-6-3-7-11-20/h2-17H,1H3. The maximum absolute atomic E-state index is 3.60. The molecule has 0 atom stereocenters. The highest BCUT2D eigenvalue weighted by atomic mass is 79.9. The fourth-order valence-corrected chi connectivity index (χ4v) is 4.25. The van der Waals surface area contributed by atoms with Crippen molar-refractivity contribution in [2.45, 2.75) is 0 Å². The monoisotopic (exact) mass is 426 g/mol. The topological polar surface area (TPSA) is 8.17 Å². The molecule has 0 aliphatic heterocycles. The van der Waals surface area contributed by atoms with Crippen molar-refractivity contribution in [2.75, 3.05) is 4.90 Å². The van der Waals surface area contributed by atoms with E-state index in [9.17, 15) is 0 Å². The summed E-state index contributed by atoms with van der Waals surface area (Å²) in [7, 11) is 2.14. The van der Waals surface area contributed by atoms with Gasteiger partial charge in [-0.25, -0.2) is 0 Å². The lowest BCUT2D eigenvalue weighted by Gasteiger charge is -2.25. The zero-order valence-corrected chi connectivity index (χ0v) is 17.1. The Bertz CT molecular complexity index is 1230. The number of rotatable bonds is 3. The van der Waals surface area contributed by atoms with Crippen LogP contribution in [0.15, 0.2) is 102 Å². The van der Waals surface area contributed by atoms with Crippen molar-refractivity contribution in [3.8, 4) is 0 Å². The summed E-state index contributed by atoms with van der Waals surface area (Å²) in [6.07, 6.45) is 0. The number of hydrogen-bond donors (Lipinski definition) is 0. The van der Waals surface area contributed by atoms with Crippen molar-refractivity contribution in [2.24, 2.45) is 7.05 Å². The van der Waals surface area contributed by atoms with Gasteiger partial charge in [-0.1, -0.05) is 64.5 Å². The van der Waals surface area contributed by atoms with Crippen molar-refractivity contribution < 1.29 is 0 Å². The van der Waals surface area contributed by atoms with E-state index in [4.69, 9.17) is 0 Å². The highest BCUT2D eigenvalue weighted by Crippen LogP contribution is 2.38. The molecule has 1 aromatic heterocycles. The van der Waals surface area contributed by atoms with E-state index >= 15 is 0 Å². The molecule has 136 valence electrons. The summed E-state index contributed by atoms with van der Waals surface area (Å²) in [5.41, 5.74) is 5.90. The van der Waals surface area contributed by atoms with Crippen molar-refractivity contribution in [3.63, 3.8) is 0 Å². The zero-order valence-electron chi connectivity index (χ0n) is 15.5. The molecule has 0 spiro atoms. The zero-order chi connectivity index (χ0) is 19.1. The van der Waals surface area contributed by atoms with Gasteiger partial charge in [-0.3, -0.25) is 0 Å². The number of benzene rings is 4. The molecule has 0 saturated carbocycles. The van der Waals surface area contributed by atoms with Gasteiger partial charge in [0.15, 0.2) is 0 Å². The van der Waals surface area contributed by atoms with Crippen LogP contribution < -0.4 is 4.90 Å². The lowest BCUT2D eigenvalue weighted by molar-refractivity contribution is 1.01. The third-order valence-corrected chi connectivity index (χ3v) is 5.73. The number of aryl methyl sites for hydroxylation is 1. The number of para-hydroxylation sites is 2. The summed E-state index contributed by atoms with van der Waals surface area (Å²) in [5, 5.41) is 2.55. The van der Waals surface area contributed by atoms with Crippen molar-refractivity contribution in [3.05, 3.63) is 102 Å². The van der Waals surface area contributed by atoms with Gasteiger partial charge in [0.05, 0.1) is 5.52 Å². The van der Waals surface area contributed by atoms with Crippen LogP contribution in [0.1, 0.15) is 0 Å². The van der Waals surface area contributed by atoms with Crippen LogP contribution in [0, 0.1) is 0 Å². The molecule has 0 aliphatic carbocycles. The van der Waals surface area contributed by atoms with Crippen LogP contribution in [0.4, 0.5) is 17.1 Å². The van der Waals surface area contributed by atoms with Gasteiger partial charge in [0.2, 0.25) is 0 Å². The number of fused-ring (bicyclic) bond motifs is 3. The molecule has 5 aromatic rings. The molecule has 0 fully saturated rings. The lowest BCUT2D eigenvalue weighted by Crippen LogP contribution is -2.09. The summed E-state index contributed by atoms with van der Waals surface area (Å²) >= 11 is 3.60. The molecule has 0 N–H and O–H groups in total. The molecule has 28 heavy (non-hydrogen) atoms. The first-order valence-electron chi connectivity index (χ1n) is 9.30. The van der Waals surface area contributed by atoms with Gasteiger partial charge in [-0.05, 0) is 48.5 Å². The van der Waals surface area contributed by atoms with Crippen molar-refractivity contribution in [1.82, 2.24) is 4.57 Å². The van der Waals surface area contributed by atoms with Gasteiger partial charge in [0.25, 0.3) is 0 Å². The minimum absolute atomic E-state index is 1.10. The van der Waals surface area contributed by atoms with E-state index in [-0.39, 0.29) is 0 Å². The number of halogens is 1. The Labute approximate surface area is 172 Å². The number of hydrogen-bond acceptors (Lipinski definition) is 1. The van der Waals surface area contributed by atoms with E-state index in [2.05, 4.69) is 130 Å². The summed E-state index contributed by atoms with van der Waals surface area (Å²) < 4.78 is 3.37. The van der Waals surface area contributed by atoms with Crippen LogP contribution in [0.2, 0.25) is 0 Å². The second-order valence-electron chi connectivity index (χ2n) is 6.93. The van der Waals surface area contributed by atoms with Gasteiger partial charge in [0.1, 0.15) is 0 Å². The average molecular weight is 427 g/mol. The Morgan fingerprint density at radius 2 is 1.14 bits per heavy atom. The Morgan fingerprint density at radius 3 is 1.75 bits per heavy atom. The van der Waals surface area contributed by atoms with Crippen LogP contribution >= 0.6 is 15.9 Å². The Hall–Kier alpha value is -3.04. The van der Waals surface area contributed by atoms with E-state index in [1.807, 2.05) is 0 Å². The fourth-order valence-electron chi connectivity index (χ4n) is 3.91. The molecule has 1 heterocycles. The molecular formula is C25H19BrN2. The normalized spacial score (nSPS) is 11.2. The van der Waals surface area contributed by atoms with E-state index < -0.39 is 0 Å². The molecule has 5 rings (SSSR count). The van der Waals surface area contributed by atoms with E-state index in [1.54, 1.807) is 0 Å². The largest absolute Gasteiger partial charge is 0.344 e. The minimum Gasteiger partial charge on any atom is -0.344 e.